The molecule has 5 heterocycles. The number of benzene rings is 3. The Morgan fingerprint density at radius 3 is 1.85 bits per heavy atom. The molecule has 0 radical (unpaired) electrons. The molecule has 126 heavy (non-hydrogen) atoms. The number of H-pyrrole nitrogens is 1. The second-order valence-corrected chi connectivity index (χ2v) is 32.9. The van der Waals surface area contributed by atoms with E-state index in [1.54, 1.807) is 24.3 Å². The maximum atomic E-state index is 15.5. The molecule has 14 atom stereocenters. The number of phenolic OH excluding ortho intramolecular Hbond substituents is 2. The van der Waals surface area contributed by atoms with Crippen LogP contribution in [0, 0.1) is 5.41 Å². The number of nitrogens with two attached hydrogens (primary N) is 4. The third kappa shape index (κ3) is 29.7. The van der Waals surface area contributed by atoms with Gasteiger partial charge in [-0.3, -0.25) is 82.0 Å². The van der Waals surface area contributed by atoms with Gasteiger partial charge in [-0.05, 0) is 112 Å². The average Bonchev–Trinajstić information content (AvgIpc) is 1.65. The molecule has 0 spiro atoms. The van der Waals surface area contributed by atoms with E-state index in [1.165, 1.54) is 72.7 Å². The molecule has 3 aliphatic heterocycles. The number of guanidine groups is 1. The molecule has 28 N–H and O–H groups in total. The molecule has 2 saturated heterocycles. The SMILES string of the molecule is C[C@H](O)[C@@H]1NC(=O)[C@H]2Cc3cn(nn3)CCC[C@@H](C(=O)N[C@@H](Cc3ccc(O)cc3)C(=O)N(C)[C@@H](Cc3ccc(O)cc3)C(=O)O)NC(=O)[C@H](CCC(N)=O)NC(=O)[C@@H](Cc3c[nH]c4ccccc34)NC(=O)[C@H](CCCNC(N)=O)NC(=O)[C@@H](CSSCC(NC(=O)CN)C(=O)N2)NC(=O)[C@@H](CCCNC(=N)N)NC(=O)[C@@H]2CCCN2C(=O)[C@@H](CC(=O)O)NC1=O. The Kier molecular flexibility index (Phi) is 36.9. The van der Waals surface area contributed by atoms with Gasteiger partial charge in [0.15, 0.2) is 5.96 Å². The van der Waals surface area contributed by atoms with Gasteiger partial charge >= 0.3 is 18.0 Å². The summed E-state index contributed by atoms with van der Waals surface area (Å²) < 4.78 is 1.19. The van der Waals surface area contributed by atoms with E-state index in [0.717, 1.165) is 38.3 Å². The van der Waals surface area contributed by atoms with E-state index in [9.17, 15) is 73.5 Å². The van der Waals surface area contributed by atoms with Crippen molar-refractivity contribution in [2.45, 2.75) is 194 Å². The molecule has 3 aliphatic rings. The number of carbonyl (C=O) groups excluding carboxylic acids is 15. The smallest absolute Gasteiger partial charge is 0.326 e. The topological polar surface area (TPSA) is 729 Å². The van der Waals surface area contributed by atoms with Crippen molar-refractivity contribution in [1.29, 1.82) is 5.41 Å². The van der Waals surface area contributed by atoms with Crippen LogP contribution < -0.4 is 92.1 Å². The largest absolute Gasteiger partial charge is 0.508 e. The maximum Gasteiger partial charge on any atom is 0.326 e. The summed E-state index contributed by atoms with van der Waals surface area (Å²) in [5, 5.41) is 102. The number of nitrogens with zero attached hydrogens (tertiary/aromatic N) is 5. The Morgan fingerprint density at radius 2 is 1.21 bits per heavy atom. The van der Waals surface area contributed by atoms with Crippen LogP contribution in [-0.4, -0.2) is 291 Å². The summed E-state index contributed by atoms with van der Waals surface area (Å²) in [6.07, 6.45) is -4.79. The number of carboxylic acids is 2. The number of carbonyl (C=O) groups is 17. The van der Waals surface area contributed by atoms with Crippen molar-refractivity contribution in [3.05, 3.63) is 108 Å². The number of aryl methyl sites for hydroxylation is 1. The van der Waals surface area contributed by atoms with E-state index >= 15 is 33.6 Å². The first-order chi connectivity index (χ1) is 59.9. The van der Waals surface area contributed by atoms with Gasteiger partial charge in [-0.15, -0.1) is 5.10 Å². The van der Waals surface area contributed by atoms with Crippen molar-refractivity contribution in [3.63, 3.8) is 0 Å². The fraction of sp³-hybridized carbons (Fsp3) is 0.487. The van der Waals surface area contributed by atoms with Crippen molar-refractivity contribution in [1.82, 2.24) is 98.9 Å². The summed E-state index contributed by atoms with van der Waals surface area (Å²) in [5.41, 5.74) is 24.0. The molecule has 2 fully saturated rings. The van der Waals surface area contributed by atoms with E-state index in [2.05, 4.69) is 84.4 Å². The van der Waals surface area contributed by atoms with Gasteiger partial charge in [0, 0.05) is 100 Å². The highest BCUT2D eigenvalue weighted by molar-refractivity contribution is 8.76. The number of fused-ring (bicyclic) bond motifs is 12. The average molecular weight is 1800 g/mol. The fourth-order valence-electron chi connectivity index (χ4n) is 14.1. The van der Waals surface area contributed by atoms with Crippen LogP contribution in [0.2, 0.25) is 0 Å². The molecule has 5 aromatic rings. The number of phenols is 2. The van der Waals surface area contributed by atoms with Crippen LogP contribution >= 0.6 is 21.6 Å². The number of urea groups is 1. The molecule has 1 unspecified atom stereocenters. The third-order valence-corrected chi connectivity index (χ3v) is 23.2. The number of aromatic hydroxyl groups is 2. The molecule has 48 heteroatoms. The van der Waals surface area contributed by atoms with Crippen molar-refractivity contribution < 1.29 is 107 Å². The van der Waals surface area contributed by atoms with E-state index in [4.69, 9.17) is 28.3 Å². The monoisotopic (exact) mass is 1790 g/mol. The number of hydrogen-bond donors (Lipinski definition) is 24. The second kappa shape index (κ2) is 47.5. The second-order valence-electron chi connectivity index (χ2n) is 30.3. The number of aliphatic carboxylic acids is 2. The number of carboxylic acid groups (broad SMARTS) is 2. The standard InChI is InChI=1S/C78H106N24O22S2/c1-39(103)63-73(119)95-55(33-62(108)109)75(121)102-28-8-14-58(102)72(118)91-49(11-5-25-84-77(81)82)66(112)96-57-38-126-125-37-56(87-61(107)34-79)70(116)93-53(69(115)97-63)32-43-36-101(99-98-43)27-7-13-50(65(111)94-54(29-40-15-19-44(104)20-16-40)74(120)100(2)59(76(122)123)30-41-17-21-45(105)22-18-41)88-67(113)51(23-24-60(80)106)90-68(114)52(31-42-35-86-47-10-4-3-9-46(42)47)92-64(110)48(89-71(57)117)12-6-26-85-78(83)124/h3-4,9-10,15-22,35-36,39,48-59,63,86,103-105H,5-8,11-14,23-34,37-38,79H2,1-2H3,(H2,80,106)(H,87,107)(H,88,113)(H,89,117)(H,90,114)(H,91,118)(H,92,110)(H,93,116)(H,94,111)(H,95,119)(H,96,112)(H,97,115)(H,108,109)(H,122,123)(H4,81,82,84)(H3,83,85,124)/t39-,48-,49+,50-,51-,52+,53+,54-,55+,56?,57+,58-,59-,63-/m0/s1. The summed E-state index contributed by atoms with van der Waals surface area (Å²) in [4.78, 5) is 250. The van der Waals surface area contributed by atoms with Gasteiger partial charge in [0.05, 0.1) is 24.8 Å². The number of nitrogens with one attached hydrogen (secondary N) is 15. The predicted octanol–water partition coefficient (Wildman–Crippen LogP) is -6.34. The Balaban J connectivity index is 1.29. The minimum atomic E-state index is -2.09. The first-order valence-electron chi connectivity index (χ1n) is 40.3. The minimum Gasteiger partial charge on any atom is -0.508 e. The Bertz CT molecular complexity index is 4770. The zero-order chi connectivity index (χ0) is 92.0. The van der Waals surface area contributed by atoms with Crippen molar-refractivity contribution in [2.24, 2.45) is 22.9 Å². The molecule has 682 valence electrons. The highest BCUT2D eigenvalue weighted by Crippen LogP contribution is 2.27. The number of para-hydroxylation sites is 1. The zero-order valence-electron chi connectivity index (χ0n) is 68.8. The number of likely N-dealkylation sites (N-methyl/N-ethyl adjacent to an activating group) is 1. The molecule has 2 aromatic heterocycles. The lowest BCUT2D eigenvalue weighted by Crippen LogP contribution is -2.62. The molecule has 8 rings (SSSR count). The number of aromatic nitrogens is 4. The Morgan fingerprint density at radius 1 is 0.643 bits per heavy atom. The summed E-state index contributed by atoms with van der Waals surface area (Å²) in [6, 6.07) is -6.55. The van der Waals surface area contributed by atoms with Gasteiger partial charge in [-0.2, -0.15) is 0 Å². The lowest BCUT2D eigenvalue weighted by Gasteiger charge is -2.31. The molecule has 0 aliphatic carbocycles. The first kappa shape index (κ1) is 98.1. The highest BCUT2D eigenvalue weighted by atomic mass is 33.1. The lowest BCUT2D eigenvalue weighted by atomic mass is 10.0. The van der Waals surface area contributed by atoms with Gasteiger partial charge in [-0.1, -0.05) is 69.3 Å². The zero-order valence-corrected chi connectivity index (χ0v) is 70.4. The molecule has 16 amide bonds. The quantitative estimate of drug-likeness (QED) is 0.0101. The van der Waals surface area contributed by atoms with Gasteiger partial charge in [-0.25, -0.2) is 9.59 Å². The van der Waals surface area contributed by atoms with Crippen LogP contribution in [0.25, 0.3) is 10.9 Å². The van der Waals surface area contributed by atoms with Crippen molar-refractivity contribution in [2.75, 3.05) is 44.7 Å². The van der Waals surface area contributed by atoms with Gasteiger partial charge in [0.1, 0.15) is 90.0 Å². The third-order valence-electron chi connectivity index (χ3n) is 20.8. The molecule has 4 bridgehead atoms. The first-order valence-corrected chi connectivity index (χ1v) is 42.8. The van der Waals surface area contributed by atoms with E-state index < -0.39 is 254 Å². The summed E-state index contributed by atoms with van der Waals surface area (Å²) in [5.74, 6) is -20.6. The van der Waals surface area contributed by atoms with Crippen LogP contribution in [0.5, 0.6) is 11.5 Å². The van der Waals surface area contributed by atoms with E-state index in [1.807, 2.05) is 0 Å². The number of aromatic amines is 1. The van der Waals surface area contributed by atoms with Crippen LogP contribution in [0.15, 0.2) is 85.2 Å². The number of aliphatic hydroxyl groups is 1. The van der Waals surface area contributed by atoms with Crippen LogP contribution in [0.1, 0.15) is 99.9 Å². The highest BCUT2D eigenvalue weighted by Gasteiger charge is 2.44. The Hall–Kier alpha value is -13.4. The van der Waals surface area contributed by atoms with Crippen LogP contribution in [0.3, 0.4) is 0 Å². The van der Waals surface area contributed by atoms with Crippen LogP contribution in [0.4, 0.5) is 4.79 Å². The van der Waals surface area contributed by atoms with E-state index in [0.29, 0.717) is 27.6 Å². The molecule has 46 nitrogen and oxygen atoms in total. The minimum absolute atomic E-state index is 0.0426. The lowest BCUT2D eigenvalue weighted by molar-refractivity contribution is -0.150. The number of amides is 16. The number of primary amides is 2. The van der Waals surface area contributed by atoms with Crippen molar-refractivity contribution >= 4 is 139 Å². The van der Waals surface area contributed by atoms with Gasteiger partial charge in [0.25, 0.3) is 0 Å². The summed E-state index contributed by atoms with van der Waals surface area (Å²) >= 11 is 0. The fourth-order valence-corrected chi connectivity index (χ4v) is 16.4. The molecular formula is C78H106N24O22S2. The molecular weight excluding hydrogens is 1690 g/mol. The van der Waals surface area contributed by atoms with E-state index in [-0.39, 0.29) is 94.7 Å². The number of rotatable bonds is 27. The number of hydrogen-bond acceptors (Lipinski definition) is 26. The Labute approximate surface area is 728 Å². The summed E-state index contributed by atoms with van der Waals surface area (Å²) in [6.45, 7) is -0.455. The number of aliphatic hydroxyl groups excluding tert-OH is 1. The van der Waals surface area contributed by atoms with Gasteiger partial charge in [0.2, 0.25) is 82.7 Å². The molecule has 3 aromatic carbocycles. The summed E-state index contributed by atoms with van der Waals surface area (Å²) in [7, 11) is 2.76. The predicted molar refractivity (Wildman–Crippen MR) is 451 cm³/mol. The normalized spacial score (nSPS) is 22.7. The maximum absolute atomic E-state index is 15.5. The van der Waals surface area contributed by atoms with Crippen molar-refractivity contribution in [3.8, 4) is 11.5 Å². The van der Waals surface area contributed by atoms with Crippen LogP contribution in [-0.2, 0) is 109 Å². The molecule has 0 saturated carbocycles. The van der Waals surface area contributed by atoms with Gasteiger partial charge < -0.3 is 132 Å².